The molecule has 0 fully saturated rings. The molecule has 1 heterocycles. The zero-order valence-electron chi connectivity index (χ0n) is 13.5. The van der Waals surface area contributed by atoms with Gasteiger partial charge in [0.15, 0.2) is 11.6 Å². The summed E-state index contributed by atoms with van der Waals surface area (Å²) in [6, 6.07) is 21.5. The third-order valence-corrected chi connectivity index (χ3v) is 3.92. The van der Waals surface area contributed by atoms with Crippen molar-refractivity contribution >= 4 is 10.9 Å². The van der Waals surface area contributed by atoms with Gasteiger partial charge in [-0.05, 0) is 30.3 Å². The van der Waals surface area contributed by atoms with E-state index in [9.17, 15) is 4.39 Å². The molecule has 4 rings (SSSR count). The van der Waals surface area contributed by atoms with Crippen LogP contribution in [0.4, 0.5) is 4.39 Å². The fraction of sp³-hybridized carbons (Fsp3) is 0.0500. The van der Waals surface area contributed by atoms with E-state index in [1.807, 2.05) is 48.5 Å². The van der Waals surface area contributed by atoms with E-state index in [-0.39, 0.29) is 5.75 Å². The highest BCUT2D eigenvalue weighted by Gasteiger charge is 2.15. The molecule has 25 heavy (non-hydrogen) atoms. The minimum absolute atomic E-state index is 0.118. The number of benzene rings is 3. The highest BCUT2D eigenvalue weighted by molar-refractivity contribution is 5.93. The molecule has 1 aromatic heterocycles. The van der Waals surface area contributed by atoms with Crippen molar-refractivity contribution in [3.8, 4) is 22.8 Å². The molecule has 0 aliphatic carbocycles. The van der Waals surface area contributed by atoms with E-state index in [1.54, 1.807) is 25.3 Å². The lowest BCUT2D eigenvalue weighted by Crippen LogP contribution is -2.08. The summed E-state index contributed by atoms with van der Waals surface area (Å²) in [5.74, 6) is 0.420. The number of fused-ring (bicyclic) bond motifs is 1. The van der Waals surface area contributed by atoms with E-state index in [1.165, 1.54) is 10.9 Å². The molecule has 4 aromatic rings. The Bertz CT molecular complexity index is 1040. The predicted octanol–water partition coefficient (Wildman–Crippen LogP) is 4.69. The standard InChI is InChI=1S/C20H15FN2O2/c1-24-15-8-6-7-14(13-15)20-16-9-2-4-11-18(16)23(22-20)25-19-12-5-3-10-17(19)21/h2-13H,1H3. The Balaban J connectivity index is 1.85. The highest BCUT2D eigenvalue weighted by atomic mass is 19.1. The molecule has 5 heteroatoms. The van der Waals surface area contributed by atoms with Crippen LogP contribution in [0.2, 0.25) is 0 Å². The number of halogens is 1. The fourth-order valence-corrected chi connectivity index (χ4v) is 2.70. The molecule has 3 aromatic carbocycles. The second-order valence-electron chi connectivity index (χ2n) is 5.49. The van der Waals surface area contributed by atoms with Gasteiger partial charge in [0.2, 0.25) is 0 Å². The predicted molar refractivity (Wildman–Crippen MR) is 94.1 cm³/mol. The molecule has 0 atom stereocenters. The van der Waals surface area contributed by atoms with Crippen LogP contribution in [0.5, 0.6) is 11.5 Å². The molecular formula is C20H15FN2O2. The van der Waals surface area contributed by atoms with Crippen LogP contribution in [-0.4, -0.2) is 17.1 Å². The molecule has 0 aliphatic rings. The van der Waals surface area contributed by atoms with Crippen LogP contribution in [0.3, 0.4) is 0 Å². The molecule has 0 aliphatic heterocycles. The lowest BCUT2D eigenvalue weighted by Gasteiger charge is -2.06. The van der Waals surface area contributed by atoms with Crippen molar-refractivity contribution in [1.82, 2.24) is 9.94 Å². The summed E-state index contributed by atoms with van der Waals surface area (Å²) in [5.41, 5.74) is 2.39. The maximum atomic E-state index is 13.9. The monoisotopic (exact) mass is 334 g/mol. The summed E-state index contributed by atoms with van der Waals surface area (Å²) >= 11 is 0. The Hall–Kier alpha value is -3.34. The van der Waals surface area contributed by atoms with Crippen molar-refractivity contribution in [3.05, 3.63) is 78.6 Å². The summed E-state index contributed by atoms with van der Waals surface area (Å²) in [4.78, 5) is 7.03. The second kappa shape index (κ2) is 6.28. The van der Waals surface area contributed by atoms with E-state index in [4.69, 9.17) is 9.57 Å². The van der Waals surface area contributed by atoms with Gasteiger partial charge in [0.05, 0.1) is 7.11 Å². The summed E-state index contributed by atoms with van der Waals surface area (Å²) in [7, 11) is 1.62. The zero-order valence-corrected chi connectivity index (χ0v) is 13.5. The molecule has 0 spiro atoms. The number of aromatic nitrogens is 2. The average molecular weight is 334 g/mol. The van der Waals surface area contributed by atoms with E-state index in [0.717, 1.165) is 27.9 Å². The number of hydrogen-bond acceptors (Lipinski definition) is 3. The van der Waals surface area contributed by atoms with Crippen molar-refractivity contribution in [2.45, 2.75) is 0 Å². The molecule has 4 nitrogen and oxygen atoms in total. The fourth-order valence-electron chi connectivity index (χ4n) is 2.70. The number of nitrogens with zero attached hydrogens (tertiary/aromatic N) is 2. The Morgan fingerprint density at radius 1 is 0.920 bits per heavy atom. The van der Waals surface area contributed by atoms with Crippen molar-refractivity contribution < 1.29 is 14.0 Å². The van der Waals surface area contributed by atoms with Crippen LogP contribution in [0.1, 0.15) is 0 Å². The smallest absolute Gasteiger partial charge is 0.193 e. The second-order valence-corrected chi connectivity index (χ2v) is 5.49. The van der Waals surface area contributed by atoms with Gasteiger partial charge in [-0.3, -0.25) is 0 Å². The molecule has 0 amide bonds. The number of rotatable bonds is 4. The largest absolute Gasteiger partial charge is 0.497 e. The van der Waals surface area contributed by atoms with Crippen molar-refractivity contribution in [1.29, 1.82) is 0 Å². The van der Waals surface area contributed by atoms with Gasteiger partial charge in [0, 0.05) is 10.9 Å². The van der Waals surface area contributed by atoms with Gasteiger partial charge in [-0.2, -0.15) is 0 Å². The number of ether oxygens (including phenoxy) is 1. The Morgan fingerprint density at radius 3 is 2.56 bits per heavy atom. The maximum absolute atomic E-state index is 13.9. The van der Waals surface area contributed by atoms with E-state index >= 15 is 0 Å². The van der Waals surface area contributed by atoms with Crippen LogP contribution in [0, 0.1) is 5.82 Å². The molecule has 124 valence electrons. The highest BCUT2D eigenvalue weighted by Crippen LogP contribution is 2.30. The molecule has 0 unspecified atom stereocenters. The van der Waals surface area contributed by atoms with Crippen LogP contribution in [-0.2, 0) is 0 Å². The van der Waals surface area contributed by atoms with Gasteiger partial charge < -0.3 is 9.57 Å². The Morgan fingerprint density at radius 2 is 1.72 bits per heavy atom. The summed E-state index contributed by atoms with van der Waals surface area (Å²) in [5, 5.41) is 5.45. The molecule has 0 N–H and O–H groups in total. The lowest BCUT2D eigenvalue weighted by atomic mass is 10.1. The van der Waals surface area contributed by atoms with E-state index in [0.29, 0.717) is 0 Å². The third-order valence-electron chi connectivity index (χ3n) is 3.92. The quantitative estimate of drug-likeness (QED) is 0.543. The third kappa shape index (κ3) is 2.80. The van der Waals surface area contributed by atoms with Crippen molar-refractivity contribution in [2.75, 3.05) is 7.11 Å². The van der Waals surface area contributed by atoms with E-state index < -0.39 is 5.82 Å². The first-order valence-corrected chi connectivity index (χ1v) is 7.81. The minimum atomic E-state index is -0.440. The normalized spacial score (nSPS) is 10.8. The van der Waals surface area contributed by atoms with Crippen LogP contribution in [0.25, 0.3) is 22.2 Å². The van der Waals surface area contributed by atoms with Gasteiger partial charge in [0.25, 0.3) is 0 Å². The van der Waals surface area contributed by atoms with Gasteiger partial charge in [0.1, 0.15) is 17.0 Å². The van der Waals surface area contributed by atoms with Crippen molar-refractivity contribution in [2.24, 2.45) is 0 Å². The SMILES string of the molecule is COc1cccc(-c2nn(Oc3ccccc3F)c3ccccc23)c1. The van der Waals surface area contributed by atoms with Gasteiger partial charge in [-0.15, -0.1) is 5.10 Å². The molecule has 0 bridgehead atoms. The van der Waals surface area contributed by atoms with Crippen LogP contribution in [0.15, 0.2) is 72.8 Å². The number of hydrogen-bond donors (Lipinski definition) is 0. The van der Waals surface area contributed by atoms with Crippen LogP contribution < -0.4 is 9.57 Å². The molecule has 0 saturated heterocycles. The first-order chi connectivity index (χ1) is 12.3. The summed E-state index contributed by atoms with van der Waals surface area (Å²) < 4.78 is 19.2. The van der Waals surface area contributed by atoms with Gasteiger partial charge >= 0.3 is 0 Å². The maximum Gasteiger partial charge on any atom is 0.193 e. The Labute approximate surface area is 144 Å². The molecule has 0 saturated carbocycles. The molecule has 0 radical (unpaired) electrons. The van der Waals surface area contributed by atoms with Crippen LogP contribution >= 0.6 is 0 Å². The first kappa shape index (κ1) is 15.2. The number of para-hydroxylation sites is 2. The first-order valence-electron chi connectivity index (χ1n) is 7.81. The van der Waals surface area contributed by atoms with Gasteiger partial charge in [-0.25, -0.2) is 4.39 Å². The minimum Gasteiger partial charge on any atom is -0.497 e. The average Bonchev–Trinajstić information content (AvgIpc) is 3.02. The van der Waals surface area contributed by atoms with Crippen molar-refractivity contribution in [3.63, 3.8) is 0 Å². The number of methoxy groups -OCH3 is 1. The zero-order chi connectivity index (χ0) is 17.2. The topological polar surface area (TPSA) is 36.3 Å². The molecular weight excluding hydrogens is 319 g/mol. The Kier molecular flexibility index (Phi) is 3.82. The van der Waals surface area contributed by atoms with Gasteiger partial charge in [-0.1, -0.05) is 47.3 Å². The summed E-state index contributed by atoms with van der Waals surface area (Å²) in [6.07, 6.45) is 0. The van der Waals surface area contributed by atoms with E-state index in [2.05, 4.69) is 5.10 Å². The lowest BCUT2D eigenvalue weighted by molar-refractivity contribution is 0.182. The summed E-state index contributed by atoms with van der Waals surface area (Å²) in [6.45, 7) is 0.